The van der Waals surface area contributed by atoms with E-state index < -0.39 is 9.17 Å². The van der Waals surface area contributed by atoms with Gasteiger partial charge in [0, 0.05) is 0 Å². The first-order valence-electron chi connectivity index (χ1n) is 3.97. The summed E-state index contributed by atoms with van der Waals surface area (Å²) < 4.78 is 8.74. The number of rotatable bonds is 0. The minimum Gasteiger partial charge on any atom is -1.00 e. The summed E-state index contributed by atoms with van der Waals surface area (Å²) in [6.45, 7) is 2.08. The van der Waals surface area contributed by atoms with Crippen LogP contribution in [0.25, 0.3) is 0 Å². The normalized spacial score (nSPS) is 5.61. The van der Waals surface area contributed by atoms with Gasteiger partial charge in [0.1, 0.15) is 0 Å². The number of hydrogen-bond acceptors (Lipinski definition) is 5. The number of isocyanates is 2. The van der Waals surface area contributed by atoms with Crippen molar-refractivity contribution in [2.24, 2.45) is 0 Å². The molecule has 0 amide bonds. The molecule has 0 heterocycles. The van der Waals surface area contributed by atoms with Crippen LogP contribution in [0.1, 0.15) is 6.99 Å². The quantitative estimate of drug-likeness (QED) is 0.232. The largest absolute Gasteiger partial charge is 1.00 e. The Bertz CT molecular complexity index is 352. The number of aryl methyl sites for hydroxylation is 1. The van der Waals surface area contributed by atoms with Crippen molar-refractivity contribution in [1.29, 1.82) is 10.8 Å². The molecule has 1 aromatic rings. The Kier molecular flexibility index (Phi) is 34.9. The van der Waals surface area contributed by atoms with Crippen molar-refractivity contribution in [1.82, 2.24) is 0 Å². The predicted molar refractivity (Wildman–Crippen MR) is 60.0 cm³/mol. The molecule has 1 rings (SSSR count). The van der Waals surface area contributed by atoms with Crippen molar-refractivity contribution in [2.45, 2.75) is 6.92 Å². The Morgan fingerprint density at radius 3 is 1.44 bits per heavy atom. The maximum absolute atomic E-state index is 8.74. The summed E-state index contributed by atoms with van der Waals surface area (Å²) in [7, 11) is -3.13. The third-order valence-electron chi connectivity index (χ3n) is 0.940. The van der Waals surface area contributed by atoms with Crippen molar-refractivity contribution in [2.75, 3.05) is 0 Å². The van der Waals surface area contributed by atoms with E-state index in [-0.39, 0.29) is 31.0 Å². The molecule has 0 aliphatic heterocycles. The molecule has 0 saturated carbocycles. The Morgan fingerprint density at radius 1 is 1.11 bits per heavy atom. The molecule has 0 bridgehead atoms. The Labute approximate surface area is 129 Å². The van der Waals surface area contributed by atoms with Gasteiger partial charge in [-0.2, -0.15) is 0 Å². The number of nitrogens with one attached hydrogen (secondary N) is 2. The molecular weight excluding hydrogens is 267 g/mol. The van der Waals surface area contributed by atoms with E-state index in [1.54, 1.807) is 0 Å². The van der Waals surface area contributed by atoms with Crippen molar-refractivity contribution >= 4 is 21.3 Å². The van der Waals surface area contributed by atoms with Gasteiger partial charge in [-0.05, 0) is 6.92 Å². The molecule has 7 nitrogen and oxygen atoms in total. The minimum absolute atomic E-state index is 0. The maximum atomic E-state index is 8.74. The first-order valence-corrected chi connectivity index (χ1v) is 5.27. The summed E-state index contributed by atoms with van der Waals surface area (Å²) in [6, 6.07) is 10.3. The Balaban J connectivity index is -0.0000000482. The van der Waals surface area contributed by atoms with Crippen LogP contribution in [-0.4, -0.2) is 30.9 Å². The average Bonchev–Trinajstić information content (AvgIpc) is 2.20. The fraction of sp³-hybridized carbons (Fsp3) is 0.111. The van der Waals surface area contributed by atoms with Crippen molar-refractivity contribution in [3.63, 3.8) is 0 Å². The number of hydrogen-bond donors (Lipinski definition) is 4. The van der Waals surface area contributed by atoms with Crippen LogP contribution >= 0.6 is 0 Å². The number of benzene rings is 1. The summed E-state index contributed by atoms with van der Waals surface area (Å²) in [6.07, 6.45) is 1.50. The van der Waals surface area contributed by atoms with E-state index in [9.17, 15) is 0 Å². The molecule has 0 radical (unpaired) electrons. The van der Waals surface area contributed by atoms with Crippen LogP contribution in [-0.2, 0) is 14.1 Å². The average molecular weight is 280 g/mol. The second-order valence-electron chi connectivity index (χ2n) is 2.14. The van der Waals surface area contributed by atoms with E-state index in [2.05, 4.69) is 19.1 Å². The van der Waals surface area contributed by atoms with Crippen LogP contribution in [0.15, 0.2) is 30.3 Å². The second kappa shape index (κ2) is 24.7. The van der Waals surface area contributed by atoms with E-state index in [0.29, 0.717) is 0 Å². The summed E-state index contributed by atoms with van der Waals surface area (Å²) in [5, 5.41) is 10.8. The molecule has 0 aliphatic carbocycles. The molecule has 4 N–H and O–H groups in total. The van der Waals surface area contributed by atoms with Crippen molar-refractivity contribution in [3.8, 4) is 0 Å². The molecule has 18 heavy (non-hydrogen) atoms. The van der Waals surface area contributed by atoms with Gasteiger partial charge in [-0.15, -0.1) is 0 Å². The fourth-order valence-corrected chi connectivity index (χ4v) is 0.534. The molecule has 0 aliphatic rings. The van der Waals surface area contributed by atoms with Gasteiger partial charge in [0.2, 0.25) is 12.2 Å². The first-order chi connectivity index (χ1) is 7.95. The summed E-state index contributed by atoms with van der Waals surface area (Å²) in [5.74, 6) is 0. The van der Waals surface area contributed by atoms with E-state index in [1.165, 1.54) is 5.56 Å². The van der Waals surface area contributed by atoms with Gasteiger partial charge in [0.25, 0.3) is 0 Å². The summed E-state index contributed by atoms with van der Waals surface area (Å²) >= 11 is 0. The van der Waals surface area contributed by atoms with Gasteiger partial charge in [0.05, 0.1) is 0 Å². The molecule has 94 valence electrons. The van der Waals surface area contributed by atoms with Crippen LogP contribution < -0.4 is 29.6 Å². The van der Waals surface area contributed by atoms with Gasteiger partial charge < -0.3 is 11.0 Å². The zero-order valence-electron chi connectivity index (χ0n) is 11.0. The van der Waals surface area contributed by atoms with Gasteiger partial charge in [0.15, 0.2) is 0 Å². The van der Waals surface area contributed by atoms with E-state index in [1.807, 2.05) is 18.2 Å². The fourth-order valence-electron chi connectivity index (χ4n) is 0.534. The van der Waals surface area contributed by atoms with E-state index in [0.717, 1.165) is 12.2 Å². The van der Waals surface area contributed by atoms with Crippen LogP contribution in [0.3, 0.4) is 0 Å². The molecule has 0 spiro atoms. The molecule has 0 atom stereocenters. The monoisotopic (exact) mass is 280 g/mol. The molecule has 1 aromatic carbocycles. The second-order valence-corrected chi connectivity index (χ2v) is 2.71. The topological polar surface area (TPSA) is 139 Å². The minimum atomic E-state index is -3.13. The van der Waals surface area contributed by atoms with Gasteiger partial charge in [-0.3, -0.25) is 4.46 Å². The third kappa shape index (κ3) is 62.0. The molecule has 0 aromatic heterocycles. The summed E-state index contributed by atoms with van der Waals surface area (Å²) in [4.78, 5) is 31.0. The van der Waals surface area contributed by atoms with Gasteiger partial charge in [-0.25, -0.2) is 20.4 Å². The van der Waals surface area contributed by atoms with Crippen LogP contribution in [0, 0.1) is 17.7 Å². The molecule has 0 saturated heterocycles. The molecule has 9 heteroatoms. The van der Waals surface area contributed by atoms with E-state index in [4.69, 9.17) is 34.5 Å². The first kappa shape index (κ1) is 25.4. The zero-order valence-corrected chi connectivity index (χ0v) is 13.0. The smallest absolute Gasteiger partial charge is 1.00 e. The molecule has 0 unspecified atom stereocenters. The van der Waals surface area contributed by atoms with Crippen LogP contribution in [0.2, 0.25) is 0 Å². The van der Waals surface area contributed by atoms with Gasteiger partial charge >= 0.3 is 38.7 Å². The Hall–Kier alpha value is -1.40. The Morgan fingerprint density at radius 2 is 1.33 bits per heavy atom. The van der Waals surface area contributed by atoms with E-state index >= 15 is 0 Å². The van der Waals surface area contributed by atoms with Crippen LogP contribution in [0.4, 0.5) is 0 Å². The molecule has 0 fully saturated rings. The van der Waals surface area contributed by atoms with Gasteiger partial charge in [-0.1, -0.05) is 35.9 Å². The van der Waals surface area contributed by atoms with Crippen molar-refractivity contribution < 1.29 is 54.6 Å². The maximum Gasteiger partial charge on any atom is 1.00 e. The van der Waals surface area contributed by atoms with Crippen molar-refractivity contribution in [3.05, 3.63) is 35.9 Å². The summed E-state index contributed by atoms with van der Waals surface area (Å²) in [5.41, 5.74) is 1.32. The van der Waals surface area contributed by atoms with Crippen LogP contribution in [0.5, 0.6) is 0 Å². The predicted octanol–water partition coefficient (Wildman–Crippen LogP) is -2.70. The number of carbonyl (C=O) groups excluding carboxylic acids is 2. The zero-order chi connectivity index (χ0) is 14.1. The molecular formula is C9H13N2NaO5Si. The standard InChI is InChI=1S/C7H8.2CHNO.Na.H2O3Si.H/c1-7-5-3-2-4-6-7;2*2-1-3;;1-4(2)3;/h2-6H,1H3;2*2H;;1-2H;/q;;;+1;;-1. The SMILES string of the molecule is Cc1ccccc1.N=C=O.N=C=O.O=[Si](O)O.[H-].[Na+]. The third-order valence-corrected chi connectivity index (χ3v) is 0.940.